The maximum atomic E-state index is 2.35. The highest BCUT2D eigenvalue weighted by Gasteiger charge is 2.13. The van der Waals surface area contributed by atoms with E-state index in [1.54, 1.807) is 5.56 Å². The largest absolute Gasteiger partial charge is 0.0654 e. The van der Waals surface area contributed by atoms with E-state index in [-0.39, 0.29) is 0 Å². The number of benzene rings is 2. The third-order valence-corrected chi connectivity index (χ3v) is 4.31. The van der Waals surface area contributed by atoms with Gasteiger partial charge in [0, 0.05) is 0 Å². The Kier molecular flexibility index (Phi) is 6.11. The van der Waals surface area contributed by atoms with E-state index < -0.39 is 0 Å². The van der Waals surface area contributed by atoms with Crippen LogP contribution in [0.5, 0.6) is 0 Å². The fraction of sp³-hybridized carbons (Fsp3) is 0.500. The summed E-state index contributed by atoms with van der Waals surface area (Å²) in [5, 5.41) is 2.85. The van der Waals surface area contributed by atoms with Crippen molar-refractivity contribution < 1.29 is 0 Å². The molecule has 0 spiro atoms. The fourth-order valence-electron chi connectivity index (χ4n) is 3.23. The highest BCUT2D eigenvalue weighted by molar-refractivity contribution is 5.86. The first kappa shape index (κ1) is 15.1. The van der Waals surface area contributed by atoms with Crippen molar-refractivity contribution in [3.8, 4) is 0 Å². The molecule has 20 heavy (non-hydrogen) atoms. The van der Waals surface area contributed by atoms with Gasteiger partial charge in [-0.2, -0.15) is 0 Å². The van der Waals surface area contributed by atoms with Gasteiger partial charge in [0.2, 0.25) is 0 Å². The Morgan fingerprint density at radius 2 is 1.55 bits per heavy atom. The molecule has 1 unspecified atom stereocenters. The molecule has 0 heteroatoms. The van der Waals surface area contributed by atoms with E-state index >= 15 is 0 Å². The quantitative estimate of drug-likeness (QED) is 0.468. The summed E-state index contributed by atoms with van der Waals surface area (Å²) >= 11 is 0. The molecule has 2 aromatic rings. The lowest BCUT2D eigenvalue weighted by Crippen LogP contribution is -2.00. The first-order valence-corrected chi connectivity index (χ1v) is 8.34. The molecule has 0 bridgehead atoms. The molecule has 0 N–H and O–H groups in total. The van der Waals surface area contributed by atoms with E-state index in [0.29, 0.717) is 0 Å². The summed E-state index contributed by atoms with van der Waals surface area (Å²) in [6.45, 7) is 4.60. The zero-order valence-electron chi connectivity index (χ0n) is 13.1. The second-order valence-electron chi connectivity index (χ2n) is 5.90. The summed E-state index contributed by atoms with van der Waals surface area (Å²) in [4.78, 5) is 0. The average Bonchev–Trinajstić information content (AvgIpc) is 2.50. The Hall–Kier alpha value is -1.30. The second kappa shape index (κ2) is 8.09. The summed E-state index contributed by atoms with van der Waals surface area (Å²) in [6, 6.07) is 15.7. The second-order valence-corrected chi connectivity index (χ2v) is 5.90. The van der Waals surface area contributed by atoms with Crippen molar-refractivity contribution in [2.24, 2.45) is 0 Å². The van der Waals surface area contributed by atoms with Crippen LogP contribution in [0, 0.1) is 0 Å². The van der Waals surface area contributed by atoms with Gasteiger partial charge >= 0.3 is 0 Å². The zero-order chi connectivity index (χ0) is 14.2. The third kappa shape index (κ3) is 3.85. The third-order valence-electron chi connectivity index (χ3n) is 4.31. The van der Waals surface area contributed by atoms with Gasteiger partial charge < -0.3 is 0 Å². The molecule has 108 valence electrons. The molecule has 1 atom stereocenters. The summed E-state index contributed by atoms with van der Waals surface area (Å²) in [6.07, 6.45) is 9.42. The average molecular weight is 268 g/mol. The molecule has 0 radical (unpaired) electrons. The number of unbranched alkanes of at least 4 members (excludes halogenated alkanes) is 3. The van der Waals surface area contributed by atoms with Gasteiger partial charge in [0.1, 0.15) is 0 Å². The smallest absolute Gasteiger partial charge is 0.0149 e. The van der Waals surface area contributed by atoms with Crippen molar-refractivity contribution in [1.82, 2.24) is 0 Å². The highest BCUT2D eigenvalue weighted by Crippen LogP contribution is 2.32. The van der Waals surface area contributed by atoms with Crippen LogP contribution in [0.2, 0.25) is 0 Å². The molecule has 0 fully saturated rings. The van der Waals surface area contributed by atoms with E-state index in [4.69, 9.17) is 0 Å². The molecule has 2 rings (SSSR count). The Bertz CT molecular complexity index is 507. The topological polar surface area (TPSA) is 0 Å². The maximum absolute atomic E-state index is 2.35. The van der Waals surface area contributed by atoms with Crippen LogP contribution in [0.15, 0.2) is 42.5 Å². The van der Waals surface area contributed by atoms with Crippen molar-refractivity contribution in [3.05, 3.63) is 48.0 Å². The van der Waals surface area contributed by atoms with Crippen molar-refractivity contribution in [1.29, 1.82) is 0 Å². The lowest BCUT2D eigenvalue weighted by Gasteiger charge is -2.19. The van der Waals surface area contributed by atoms with Gasteiger partial charge in [0.25, 0.3) is 0 Å². The van der Waals surface area contributed by atoms with Gasteiger partial charge in [0.15, 0.2) is 0 Å². The van der Waals surface area contributed by atoms with Crippen LogP contribution in [0.4, 0.5) is 0 Å². The van der Waals surface area contributed by atoms with Crippen LogP contribution < -0.4 is 0 Å². The summed E-state index contributed by atoms with van der Waals surface area (Å²) in [5.74, 6) is 0.739. The van der Waals surface area contributed by atoms with Crippen molar-refractivity contribution >= 4 is 10.8 Å². The standard InChI is InChI=1S/C20H28/c1-3-5-6-7-12-17(11-4-2)20-16-10-14-18-13-8-9-15-19(18)20/h8-10,13-17H,3-7,11-12H2,1-2H3. The molecule has 0 aliphatic rings. The minimum Gasteiger partial charge on any atom is -0.0654 e. The molecular formula is C20H28. The number of fused-ring (bicyclic) bond motifs is 1. The molecule has 0 heterocycles. The van der Waals surface area contributed by atoms with E-state index in [2.05, 4.69) is 56.3 Å². The van der Waals surface area contributed by atoms with Crippen molar-refractivity contribution in [3.63, 3.8) is 0 Å². The van der Waals surface area contributed by atoms with E-state index in [1.807, 2.05) is 0 Å². The van der Waals surface area contributed by atoms with E-state index in [9.17, 15) is 0 Å². The first-order chi connectivity index (χ1) is 9.86. The Morgan fingerprint density at radius 1 is 0.750 bits per heavy atom. The van der Waals surface area contributed by atoms with Crippen molar-refractivity contribution in [2.75, 3.05) is 0 Å². The Labute approximate surface area is 124 Å². The number of hydrogen-bond donors (Lipinski definition) is 0. The lowest BCUT2D eigenvalue weighted by molar-refractivity contribution is 0.523. The van der Waals surface area contributed by atoms with Crippen molar-refractivity contribution in [2.45, 2.75) is 64.7 Å². The molecular weight excluding hydrogens is 240 g/mol. The number of hydrogen-bond acceptors (Lipinski definition) is 0. The van der Waals surface area contributed by atoms with Gasteiger partial charge in [-0.1, -0.05) is 88.4 Å². The molecule has 0 saturated heterocycles. The predicted molar refractivity (Wildman–Crippen MR) is 90.4 cm³/mol. The van der Waals surface area contributed by atoms with Gasteiger partial charge in [0.05, 0.1) is 0 Å². The van der Waals surface area contributed by atoms with Crippen LogP contribution >= 0.6 is 0 Å². The minimum absolute atomic E-state index is 0.739. The zero-order valence-corrected chi connectivity index (χ0v) is 13.1. The molecule has 0 aliphatic heterocycles. The summed E-state index contributed by atoms with van der Waals surface area (Å²) in [7, 11) is 0. The molecule has 0 aromatic heterocycles. The van der Waals surface area contributed by atoms with E-state index in [0.717, 1.165) is 5.92 Å². The molecule has 0 saturated carbocycles. The van der Waals surface area contributed by atoms with Crippen LogP contribution in [0.1, 0.15) is 70.3 Å². The van der Waals surface area contributed by atoms with E-state index in [1.165, 1.54) is 55.7 Å². The fourth-order valence-corrected chi connectivity index (χ4v) is 3.23. The van der Waals surface area contributed by atoms with Crippen LogP contribution in [0.25, 0.3) is 10.8 Å². The van der Waals surface area contributed by atoms with Gasteiger partial charge in [-0.15, -0.1) is 0 Å². The molecule has 0 nitrogen and oxygen atoms in total. The predicted octanol–water partition coefficient (Wildman–Crippen LogP) is 6.69. The summed E-state index contributed by atoms with van der Waals surface area (Å²) < 4.78 is 0. The maximum Gasteiger partial charge on any atom is -0.0149 e. The molecule has 0 aliphatic carbocycles. The van der Waals surface area contributed by atoms with Crippen LogP contribution in [-0.4, -0.2) is 0 Å². The monoisotopic (exact) mass is 268 g/mol. The Morgan fingerprint density at radius 3 is 2.35 bits per heavy atom. The van der Waals surface area contributed by atoms with Gasteiger partial charge in [-0.3, -0.25) is 0 Å². The minimum atomic E-state index is 0.739. The lowest BCUT2D eigenvalue weighted by atomic mass is 9.86. The number of rotatable bonds is 8. The summed E-state index contributed by atoms with van der Waals surface area (Å²) in [5.41, 5.74) is 1.57. The first-order valence-electron chi connectivity index (χ1n) is 8.34. The van der Waals surface area contributed by atoms with Crippen LogP contribution in [-0.2, 0) is 0 Å². The molecule has 0 amide bonds. The van der Waals surface area contributed by atoms with Gasteiger partial charge in [-0.25, -0.2) is 0 Å². The highest BCUT2D eigenvalue weighted by atomic mass is 14.2. The Balaban J connectivity index is 2.18. The SMILES string of the molecule is CCCCCCC(CCC)c1cccc2ccccc12. The van der Waals surface area contributed by atoms with Crippen LogP contribution in [0.3, 0.4) is 0 Å². The molecule has 2 aromatic carbocycles. The van der Waals surface area contributed by atoms with Gasteiger partial charge in [-0.05, 0) is 35.1 Å². The normalized spacial score (nSPS) is 12.7.